The molecule has 0 aliphatic heterocycles. The van der Waals surface area contributed by atoms with Crippen molar-refractivity contribution in [2.75, 3.05) is 13.2 Å². The molecule has 0 saturated heterocycles. The van der Waals surface area contributed by atoms with Crippen molar-refractivity contribution in [1.82, 2.24) is 0 Å². The van der Waals surface area contributed by atoms with Gasteiger partial charge in [0.1, 0.15) is 0 Å². The second kappa shape index (κ2) is 6.02. The number of hydrogen-bond acceptors (Lipinski definition) is 4. The Labute approximate surface area is 111 Å². The molecule has 0 radical (unpaired) electrons. The van der Waals surface area contributed by atoms with Crippen molar-refractivity contribution in [3.8, 4) is 0 Å². The van der Waals surface area contributed by atoms with Gasteiger partial charge >= 0.3 is 5.97 Å². The maximum atomic E-state index is 11.9. The van der Waals surface area contributed by atoms with Crippen LogP contribution in [0.4, 0.5) is 0 Å². The van der Waals surface area contributed by atoms with E-state index in [-0.39, 0.29) is 29.8 Å². The Morgan fingerprint density at radius 1 is 1.06 bits per heavy atom. The van der Waals surface area contributed by atoms with E-state index in [1.165, 1.54) is 0 Å². The molecule has 18 heavy (non-hydrogen) atoms. The Balaban J connectivity index is 5.43. The lowest BCUT2D eigenvalue weighted by atomic mass is 9.53. The molecule has 0 aromatic heterocycles. The van der Waals surface area contributed by atoms with Crippen LogP contribution in [0, 0.1) is 16.2 Å². The van der Waals surface area contributed by atoms with Crippen LogP contribution >= 0.6 is 0 Å². The minimum Gasteiger partial charge on any atom is -0.466 e. The first-order chi connectivity index (χ1) is 8.02. The highest BCUT2D eigenvalue weighted by molar-refractivity contribution is 5.70. The molecule has 4 nitrogen and oxygen atoms in total. The molecule has 1 N–H and O–H groups in total. The van der Waals surface area contributed by atoms with Gasteiger partial charge in [-0.15, -0.1) is 0 Å². The number of carbonyl (C=O) groups excluding carboxylic acids is 1. The van der Waals surface area contributed by atoms with Crippen molar-refractivity contribution < 1.29 is 19.7 Å². The predicted octanol–water partition coefficient (Wildman–Crippen LogP) is 3.51. The van der Waals surface area contributed by atoms with Gasteiger partial charge in [-0.05, 0) is 17.8 Å². The van der Waals surface area contributed by atoms with Gasteiger partial charge in [0.15, 0.2) is 0 Å². The number of rotatable bonds is 5. The molecule has 0 atom stereocenters. The number of ether oxygens (including phenoxy) is 1. The molecule has 0 amide bonds. The molecule has 0 saturated carbocycles. The molecule has 0 heterocycles. The normalized spacial score (nSPS) is 13.6. The first-order valence-electron chi connectivity index (χ1n) is 6.44. The van der Waals surface area contributed by atoms with Gasteiger partial charge in [0.05, 0.1) is 19.6 Å². The van der Waals surface area contributed by atoms with E-state index in [0.717, 1.165) is 0 Å². The lowest BCUT2D eigenvalue weighted by molar-refractivity contribution is -0.286. The highest BCUT2D eigenvalue weighted by Gasteiger charge is 2.52. The highest BCUT2D eigenvalue weighted by Crippen LogP contribution is 2.54. The summed E-state index contributed by atoms with van der Waals surface area (Å²) < 4.78 is 5.06. The molecule has 4 heteroatoms. The van der Waals surface area contributed by atoms with Gasteiger partial charge in [-0.1, -0.05) is 41.5 Å². The van der Waals surface area contributed by atoms with Crippen LogP contribution in [0.2, 0.25) is 0 Å². The first kappa shape index (κ1) is 17.4. The molecule has 0 aliphatic carbocycles. The maximum absolute atomic E-state index is 11.9. The average Bonchev–Trinajstić information content (AvgIpc) is 2.13. The summed E-state index contributed by atoms with van der Waals surface area (Å²) in [5.41, 5.74) is -0.914. The van der Waals surface area contributed by atoms with Crippen LogP contribution in [-0.4, -0.2) is 24.4 Å². The monoisotopic (exact) mass is 260 g/mol. The standard InChI is InChI=1S/C14H28O4/c1-8-17-11(15)9-14(10-18-16,12(2,3)4)13(5,6)7/h16H,8-10H2,1-7H3. The molecule has 0 bridgehead atoms. The Bertz CT molecular complexity index is 256. The van der Waals surface area contributed by atoms with Crippen molar-refractivity contribution in [2.45, 2.75) is 54.9 Å². The predicted molar refractivity (Wildman–Crippen MR) is 71.2 cm³/mol. The summed E-state index contributed by atoms with van der Waals surface area (Å²) in [6.07, 6.45) is 0.231. The van der Waals surface area contributed by atoms with Gasteiger partial charge in [-0.25, -0.2) is 4.89 Å². The van der Waals surface area contributed by atoms with Crippen LogP contribution in [0.1, 0.15) is 54.9 Å². The minimum atomic E-state index is -0.499. The van der Waals surface area contributed by atoms with E-state index < -0.39 is 5.41 Å². The Kier molecular flexibility index (Phi) is 5.82. The SMILES string of the molecule is CCOC(=O)CC(COO)(C(C)(C)C)C(C)(C)C. The van der Waals surface area contributed by atoms with Gasteiger partial charge in [0.25, 0.3) is 0 Å². The molecule has 0 unspecified atom stereocenters. The maximum Gasteiger partial charge on any atom is 0.306 e. The van der Waals surface area contributed by atoms with Gasteiger partial charge < -0.3 is 4.74 Å². The number of hydrogen-bond donors (Lipinski definition) is 1. The largest absolute Gasteiger partial charge is 0.466 e. The summed E-state index contributed by atoms with van der Waals surface area (Å²) >= 11 is 0. The number of carbonyl (C=O) groups is 1. The average molecular weight is 260 g/mol. The highest BCUT2D eigenvalue weighted by atomic mass is 17.1. The minimum absolute atomic E-state index is 0.110. The fourth-order valence-corrected chi connectivity index (χ4v) is 2.71. The molecule has 0 spiro atoms. The lowest BCUT2D eigenvalue weighted by Crippen LogP contribution is -2.51. The Morgan fingerprint density at radius 2 is 1.50 bits per heavy atom. The van der Waals surface area contributed by atoms with Crippen LogP contribution in [0.15, 0.2) is 0 Å². The summed E-state index contributed by atoms with van der Waals surface area (Å²) in [5, 5.41) is 8.92. The lowest BCUT2D eigenvalue weighted by Gasteiger charge is -2.52. The zero-order valence-corrected chi connectivity index (χ0v) is 12.8. The van der Waals surface area contributed by atoms with Gasteiger partial charge in [0.2, 0.25) is 0 Å². The van der Waals surface area contributed by atoms with E-state index >= 15 is 0 Å². The van der Waals surface area contributed by atoms with Gasteiger partial charge in [-0.2, -0.15) is 0 Å². The topological polar surface area (TPSA) is 55.8 Å². The summed E-state index contributed by atoms with van der Waals surface area (Å²) in [6, 6.07) is 0. The van der Waals surface area contributed by atoms with E-state index in [1.54, 1.807) is 6.92 Å². The molecule has 0 aromatic carbocycles. The first-order valence-corrected chi connectivity index (χ1v) is 6.44. The number of esters is 1. The van der Waals surface area contributed by atoms with Gasteiger partial charge in [0, 0.05) is 5.41 Å². The van der Waals surface area contributed by atoms with Crippen LogP contribution in [0.25, 0.3) is 0 Å². The van der Waals surface area contributed by atoms with Crippen LogP contribution < -0.4 is 0 Å². The van der Waals surface area contributed by atoms with Crippen molar-refractivity contribution >= 4 is 5.97 Å². The third kappa shape index (κ3) is 3.69. The quantitative estimate of drug-likeness (QED) is 0.467. The second-order valence-electron chi connectivity index (χ2n) is 6.84. The molecule has 108 valence electrons. The van der Waals surface area contributed by atoms with Crippen molar-refractivity contribution in [2.24, 2.45) is 16.2 Å². The smallest absolute Gasteiger partial charge is 0.306 e. The summed E-state index contributed by atoms with van der Waals surface area (Å²) in [4.78, 5) is 16.3. The summed E-state index contributed by atoms with van der Waals surface area (Å²) in [5.74, 6) is -0.251. The zero-order chi connectivity index (χ0) is 14.6. The Morgan fingerprint density at radius 3 is 1.78 bits per heavy atom. The molecular formula is C14H28O4. The fourth-order valence-electron chi connectivity index (χ4n) is 2.71. The van der Waals surface area contributed by atoms with E-state index in [2.05, 4.69) is 46.4 Å². The molecular weight excluding hydrogens is 232 g/mol. The third-order valence-electron chi connectivity index (χ3n) is 3.93. The van der Waals surface area contributed by atoms with E-state index in [0.29, 0.717) is 6.61 Å². The fraction of sp³-hybridized carbons (Fsp3) is 0.929. The summed E-state index contributed by atoms with van der Waals surface area (Å²) in [7, 11) is 0. The van der Waals surface area contributed by atoms with Crippen molar-refractivity contribution in [1.29, 1.82) is 0 Å². The van der Waals surface area contributed by atoms with E-state index in [1.807, 2.05) is 0 Å². The zero-order valence-electron chi connectivity index (χ0n) is 12.8. The van der Waals surface area contributed by atoms with E-state index in [9.17, 15) is 4.79 Å². The Hall–Kier alpha value is -0.610. The molecule has 0 aromatic rings. The van der Waals surface area contributed by atoms with Crippen LogP contribution in [0.5, 0.6) is 0 Å². The van der Waals surface area contributed by atoms with Crippen LogP contribution in [-0.2, 0) is 14.4 Å². The van der Waals surface area contributed by atoms with Crippen molar-refractivity contribution in [3.05, 3.63) is 0 Å². The molecule has 0 aliphatic rings. The third-order valence-corrected chi connectivity index (χ3v) is 3.93. The van der Waals surface area contributed by atoms with E-state index in [4.69, 9.17) is 9.99 Å². The van der Waals surface area contributed by atoms with Crippen molar-refractivity contribution in [3.63, 3.8) is 0 Å². The molecule has 0 rings (SSSR count). The van der Waals surface area contributed by atoms with Gasteiger partial charge in [-0.3, -0.25) is 10.1 Å². The second-order valence-corrected chi connectivity index (χ2v) is 6.84. The van der Waals surface area contributed by atoms with Crippen LogP contribution in [0.3, 0.4) is 0 Å². The molecule has 0 fully saturated rings. The summed E-state index contributed by atoms with van der Waals surface area (Å²) in [6.45, 7) is 14.6.